The van der Waals surface area contributed by atoms with Gasteiger partial charge in [0.1, 0.15) is 5.65 Å². The van der Waals surface area contributed by atoms with Gasteiger partial charge in [0.2, 0.25) is 0 Å². The number of pyridine rings is 1. The number of aromatic nitrogens is 2. The fourth-order valence-corrected chi connectivity index (χ4v) is 4.41. The fourth-order valence-electron chi connectivity index (χ4n) is 4.41. The number of nitrogens with zero attached hydrogens (tertiary/aromatic N) is 3. The van der Waals surface area contributed by atoms with Gasteiger partial charge in [-0.15, -0.1) is 0 Å². The standard InChI is InChI=1S/C24H29N3O3/c1-29-14-13-27-17-22(21-7-4-10-25-23(21)27)19-8-11-26(12-9-19)16-18-5-3-6-20(15-18)24(28)30-2/h3-7,10,15,17,19H,8-9,11-14,16H2,1-2H3. The molecule has 3 heterocycles. The van der Waals surface area contributed by atoms with Gasteiger partial charge >= 0.3 is 5.97 Å². The highest BCUT2D eigenvalue weighted by molar-refractivity contribution is 5.89. The van der Waals surface area contributed by atoms with Crippen molar-refractivity contribution in [2.24, 2.45) is 0 Å². The summed E-state index contributed by atoms with van der Waals surface area (Å²) in [6, 6.07) is 12.0. The Kier molecular flexibility index (Phi) is 6.45. The van der Waals surface area contributed by atoms with E-state index in [1.165, 1.54) is 18.1 Å². The fraction of sp³-hybridized carbons (Fsp3) is 0.417. The minimum absolute atomic E-state index is 0.283. The summed E-state index contributed by atoms with van der Waals surface area (Å²) in [4.78, 5) is 18.9. The maximum Gasteiger partial charge on any atom is 0.337 e. The zero-order valence-corrected chi connectivity index (χ0v) is 17.7. The van der Waals surface area contributed by atoms with E-state index in [0.29, 0.717) is 18.1 Å². The van der Waals surface area contributed by atoms with Gasteiger partial charge in [-0.05, 0) is 67.2 Å². The minimum Gasteiger partial charge on any atom is -0.465 e. The summed E-state index contributed by atoms with van der Waals surface area (Å²) >= 11 is 0. The Labute approximate surface area is 177 Å². The van der Waals surface area contributed by atoms with Crippen molar-refractivity contribution in [2.45, 2.75) is 31.8 Å². The summed E-state index contributed by atoms with van der Waals surface area (Å²) in [5.41, 5.74) is 4.21. The Morgan fingerprint density at radius 2 is 2.00 bits per heavy atom. The molecule has 1 aliphatic heterocycles. The van der Waals surface area contributed by atoms with E-state index >= 15 is 0 Å². The molecule has 1 aromatic carbocycles. The lowest BCUT2D eigenvalue weighted by molar-refractivity contribution is 0.0600. The van der Waals surface area contributed by atoms with Crippen LogP contribution in [0.1, 0.15) is 40.2 Å². The molecule has 0 spiro atoms. The second kappa shape index (κ2) is 9.41. The van der Waals surface area contributed by atoms with Gasteiger partial charge in [0.05, 0.1) is 19.3 Å². The first-order valence-corrected chi connectivity index (χ1v) is 10.5. The van der Waals surface area contributed by atoms with E-state index in [0.717, 1.165) is 50.2 Å². The molecule has 0 N–H and O–H groups in total. The number of rotatable bonds is 7. The summed E-state index contributed by atoms with van der Waals surface area (Å²) in [5, 5.41) is 1.26. The van der Waals surface area contributed by atoms with Gasteiger partial charge in [-0.25, -0.2) is 9.78 Å². The van der Waals surface area contributed by atoms with Crippen LogP contribution >= 0.6 is 0 Å². The molecule has 0 unspecified atom stereocenters. The van der Waals surface area contributed by atoms with Crippen LogP contribution in [0.2, 0.25) is 0 Å². The number of ether oxygens (including phenoxy) is 2. The predicted octanol–water partition coefficient (Wildman–Crippen LogP) is 3.85. The molecule has 1 fully saturated rings. The van der Waals surface area contributed by atoms with Crippen LogP contribution in [0.25, 0.3) is 11.0 Å². The van der Waals surface area contributed by atoms with Crippen LogP contribution in [0.5, 0.6) is 0 Å². The predicted molar refractivity (Wildman–Crippen MR) is 117 cm³/mol. The topological polar surface area (TPSA) is 56.6 Å². The number of fused-ring (bicyclic) bond motifs is 1. The van der Waals surface area contributed by atoms with E-state index in [-0.39, 0.29) is 5.97 Å². The normalized spacial score (nSPS) is 15.5. The number of benzene rings is 1. The van der Waals surface area contributed by atoms with Gasteiger partial charge in [0, 0.05) is 38.0 Å². The molecule has 0 saturated carbocycles. The minimum atomic E-state index is -0.283. The molecule has 30 heavy (non-hydrogen) atoms. The summed E-state index contributed by atoms with van der Waals surface area (Å²) < 4.78 is 12.3. The Morgan fingerprint density at radius 1 is 1.17 bits per heavy atom. The van der Waals surface area contributed by atoms with Gasteiger partial charge in [-0.3, -0.25) is 4.90 Å². The molecule has 1 aliphatic rings. The first-order chi connectivity index (χ1) is 14.7. The van der Waals surface area contributed by atoms with Crippen molar-refractivity contribution >= 4 is 17.0 Å². The molecule has 0 aliphatic carbocycles. The molecular weight excluding hydrogens is 378 g/mol. The van der Waals surface area contributed by atoms with E-state index in [9.17, 15) is 4.79 Å². The SMILES string of the molecule is COCCn1cc(C2CCN(Cc3cccc(C(=O)OC)c3)CC2)c2cccnc21. The highest BCUT2D eigenvalue weighted by atomic mass is 16.5. The van der Waals surface area contributed by atoms with Gasteiger partial charge < -0.3 is 14.0 Å². The summed E-state index contributed by atoms with van der Waals surface area (Å²) in [5.74, 6) is 0.257. The number of hydrogen-bond acceptors (Lipinski definition) is 5. The highest BCUT2D eigenvalue weighted by Gasteiger charge is 2.24. The van der Waals surface area contributed by atoms with Crippen molar-refractivity contribution in [1.82, 2.24) is 14.5 Å². The van der Waals surface area contributed by atoms with Gasteiger partial charge in [0.15, 0.2) is 0 Å². The van der Waals surface area contributed by atoms with Crippen molar-refractivity contribution in [1.29, 1.82) is 0 Å². The third kappa shape index (κ3) is 4.40. The molecule has 2 aromatic heterocycles. The maximum atomic E-state index is 11.8. The monoisotopic (exact) mass is 407 g/mol. The van der Waals surface area contributed by atoms with Crippen LogP contribution in [0.4, 0.5) is 0 Å². The highest BCUT2D eigenvalue weighted by Crippen LogP contribution is 2.34. The summed E-state index contributed by atoms with van der Waals surface area (Å²) in [6.07, 6.45) is 6.38. The van der Waals surface area contributed by atoms with Crippen molar-refractivity contribution in [3.05, 3.63) is 65.5 Å². The maximum absolute atomic E-state index is 11.8. The van der Waals surface area contributed by atoms with Gasteiger partial charge in [0.25, 0.3) is 0 Å². The number of esters is 1. The van der Waals surface area contributed by atoms with Gasteiger partial charge in [-0.2, -0.15) is 0 Å². The van der Waals surface area contributed by atoms with Gasteiger partial charge in [-0.1, -0.05) is 12.1 Å². The number of piperidine rings is 1. The van der Waals surface area contributed by atoms with Crippen LogP contribution in [0, 0.1) is 0 Å². The largest absolute Gasteiger partial charge is 0.465 e. The molecule has 6 heteroatoms. The summed E-state index contributed by atoms with van der Waals surface area (Å²) in [6.45, 7) is 4.44. The molecule has 0 amide bonds. The Balaban J connectivity index is 1.43. The lowest BCUT2D eigenvalue weighted by atomic mass is 9.89. The first kappa shape index (κ1) is 20.6. The third-order valence-electron chi connectivity index (χ3n) is 5.98. The van der Waals surface area contributed by atoms with Crippen molar-refractivity contribution in [3.8, 4) is 0 Å². The Hall–Kier alpha value is -2.70. The van der Waals surface area contributed by atoms with E-state index < -0.39 is 0 Å². The van der Waals surface area contributed by atoms with Crippen molar-refractivity contribution in [2.75, 3.05) is 33.9 Å². The third-order valence-corrected chi connectivity index (χ3v) is 5.98. The van der Waals surface area contributed by atoms with Crippen molar-refractivity contribution < 1.29 is 14.3 Å². The van der Waals surface area contributed by atoms with Crippen LogP contribution in [-0.4, -0.2) is 54.3 Å². The zero-order chi connectivity index (χ0) is 20.9. The molecule has 0 radical (unpaired) electrons. The molecule has 0 atom stereocenters. The molecule has 4 rings (SSSR count). The molecular formula is C24H29N3O3. The van der Waals surface area contributed by atoms with E-state index in [1.807, 2.05) is 24.4 Å². The quantitative estimate of drug-likeness (QED) is 0.557. The molecule has 3 aromatic rings. The average molecular weight is 408 g/mol. The second-order valence-corrected chi connectivity index (χ2v) is 7.89. The molecule has 1 saturated heterocycles. The Morgan fingerprint density at radius 3 is 2.77 bits per heavy atom. The van der Waals surface area contributed by atoms with E-state index in [2.05, 4.69) is 32.8 Å². The second-order valence-electron chi connectivity index (χ2n) is 7.89. The lowest BCUT2D eigenvalue weighted by Gasteiger charge is -2.32. The first-order valence-electron chi connectivity index (χ1n) is 10.5. The smallest absolute Gasteiger partial charge is 0.337 e. The number of methoxy groups -OCH3 is 2. The van der Waals surface area contributed by atoms with E-state index in [1.54, 1.807) is 13.2 Å². The molecule has 0 bridgehead atoms. The number of hydrogen-bond donors (Lipinski definition) is 0. The number of carbonyl (C=O) groups is 1. The molecule has 6 nitrogen and oxygen atoms in total. The van der Waals surface area contributed by atoms with Crippen LogP contribution in [-0.2, 0) is 22.6 Å². The zero-order valence-electron chi connectivity index (χ0n) is 17.7. The lowest BCUT2D eigenvalue weighted by Crippen LogP contribution is -2.32. The number of likely N-dealkylation sites (tertiary alicyclic amines) is 1. The summed E-state index contributed by atoms with van der Waals surface area (Å²) in [7, 11) is 3.15. The van der Waals surface area contributed by atoms with E-state index in [4.69, 9.17) is 9.47 Å². The Bertz CT molecular complexity index is 1010. The van der Waals surface area contributed by atoms with Crippen LogP contribution in [0.15, 0.2) is 48.8 Å². The van der Waals surface area contributed by atoms with Crippen LogP contribution < -0.4 is 0 Å². The van der Waals surface area contributed by atoms with Crippen LogP contribution in [0.3, 0.4) is 0 Å². The van der Waals surface area contributed by atoms with Crippen molar-refractivity contribution in [3.63, 3.8) is 0 Å². The average Bonchev–Trinajstić information content (AvgIpc) is 3.16. The molecule has 158 valence electrons. The number of carbonyl (C=O) groups excluding carboxylic acids is 1.